The molecule has 0 spiro atoms. The van der Waals surface area contributed by atoms with Crippen molar-refractivity contribution in [1.82, 2.24) is 0 Å². The molecule has 0 aromatic heterocycles. The summed E-state index contributed by atoms with van der Waals surface area (Å²) in [5.74, 6) is -1.43. The molecule has 0 bridgehead atoms. The molecular weight excluding hydrogens is 440 g/mol. The molecule has 0 saturated carbocycles. The Labute approximate surface area is 194 Å². The molecule has 1 aliphatic rings. The van der Waals surface area contributed by atoms with Crippen molar-refractivity contribution < 1.29 is 29.1 Å². The summed E-state index contributed by atoms with van der Waals surface area (Å²) in [7, 11) is 2.91. The number of benzene rings is 3. The lowest BCUT2D eigenvalue weighted by atomic mass is 9.94. The number of amides is 1. The van der Waals surface area contributed by atoms with Crippen LogP contribution in [0.15, 0.2) is 78.4 Å². The predicted octanol–water partition coefficient (Wildman–Crippen LogP) is 4.24. The number of nitro groups is 1. The number of carbonyl (C=O) groups excluding carboxylic acids is 2. The number of aliphatic hydroxyl groups excluding tert-OH is 1. The summed E-state index contributed by atoms with van der Waals surface area (Å²) in [5.41, 5.74) is 0.462. The zero-order valence-corrected chi connectivity index (χ0v) is 18.3. The van der Waals surface area contributed by atoms with E-state index in [1.54, 1.807) is 48.5 Å². The second-order valence-electron chi connectivity index (χ2n) is 7.42. The molecular formula is C25H20N2O7. The van der Waals surface area contributed by atoms with Crippen LogP contribution in [0.25, 0.3) is 5.76 Å². The molecule has 3 aromatic rings. The topological polar surface area (TPSA) is 119 Å². The lowest BCUT2D eigenvalue weighted by molar-refractivity contribution is -0.384. The maximum absolute atomic E-state index is 13.2. The largest absolute Gasteiger partial charge is 0.507 e. The Balaban J connectivity index is 2.00. The average Bonchev–Trinajstić information content (AvgIpc) is 3.13. The van der Waals surface area contributed by atoms with Gasteiger partial charge in [-0.25, -0.2) is 0 Å². The summed E-state index contributed by atoms with van der Waals surface area (Å²) in [4.78, 5) is 38.3. The van der Waals surface area contributed by atoms with Crippen molar-refractivity contribution in [3.05, 3.63) is 99.6 Å². The minimum Gasteiger partial charge on any atom is -0.507 e. The molecule has 0 aliphatic carbocycles. The molecule has 9 heteroatoms. The highest BCUT2D eigenvalue weighted by atomic mass is 16.6. The minimum atomic E-state index is -1.11. The van der Waals surface area contributed by atoms with Crippen LogP contribution >= 0.6 is 0 Å². The van der Waals surface area contributed by atoms with Gasteiger partial charge in [-0.05, 0) is 18.2 Å². The van der Waals surface area contributed by atoms with Crippen molar-refractivity contribution in [2.24, 2.45) is 0 Å². The number of Topliss-reactive ketones (excluding diaryl/α,β-unsaturated/α-hetero) is 1. The number of carbonyl (C=O) groups is 2. The van der Waals surface area contributed by atoms with Gasteiger partial charge < -0.3 is 14.6 Å². The zero-order valence-electron chi connectivity index (χ0n) is 18.3. The van der Waals surface area contributed by atoms with Crippen LogP contribution < -0.4 is 14.4 Å². The number of aliphatic hydroxyl groups is 1. The molecule has 1 fully saturated rings. The van der Waals surface area contributed by atoms with Crippen LogP contribution in [-0.2, 0) is 9.59 Å². The van der Waals surface area contributed by atoms with Gasteiger partial charge >= 0.3 is 0 Å². The molecule has 172 valence electrons. The number of ketones is 1. The molecule has 9 nitrogen and oxygen atoms in total. The molecule has 1 saturated heterocycles. The van der Waals surface area contributed by atoms with E-state index < -0.39 is 22.7 Å². The normalized spacial score (nSPS) is 17.0. The van der Waals surface area contributed by atoms with Crippen molar-refractivity contribution in [3.63, 3.8) is 0 Å². The van der Waals surface area contributed by atoms with E-state index in [-0.39, 0.29) is 22.7 Å². The third-order valence-electron chi connectivity index (χ3n) is 5.55. The number of hydrogen-bond donors (Lipinski definition) is 1. The second kappa shape index (κ2) is 9.07. The first-order valence-electron chi connectivity index (χ1n) is 10.2. The highest BCUT2D eigenvalue weighted by molar-refractivity contribution is 6.51. The smallest absolute Gasteiger partial charge is 0.300 e. The summed E-state index contributed by atoms with van der Waals surface area (Å²) in [6.07, 6.45) is 0. The first-order chi connectivity index (χ1) is 16.4. The number of non-ortho nitro benzene ring substituents is 1. The Morgan fingerprint density at radius 3 is 2.35 bits per heavy atom. The average molecular weight is 460 g/mol. The van der Waals surface area contributed by atoms with Crippen LogP contribution in [0.3, 0.4) is 0 Å². The summed E-state index contributed by atoms with van der Waals surface area (Å²) in [6.45, 7) is 0. The fourth-order valence-electron chi connectivity index (χ4n) is 3.95. The van der Waals surface area contributed by atoms with E-state index in [4.69, 9.17) is 9.47 Å². The first kappa shape index (κ1) is 22.5. The third-order valence-corrected chi connectivity index (χ3v) is 5.55. The lowest BCUT2D eigenvalue weighted by Crippen LogP contribution is -2.29. The number of methoxy groups -OCH3 is 2. The van der Waals surface area contributed by atoms with Gasteiger partial charge in [0, 0.05) is 29.3 Å². The van der Waals surface area contributed by atoms with E-state index in [1.165, 1.54) is 38.5 Å². The van der Waals surface area contributed by atoms with E-state index in [2.05, 4.69) is 0 Å². The van der Waals surface area contributed by atoms with Gasteiger partial charge in [-0.15, -0.1) is 0 Å². The van der Waals surface area contributed by atoms with Gasteiger partial charge in [0.25, 0.3) is 17.4 Å². The quantitative estimate of drug-likeness (QED) is 0.192. The molecule has 3 aromatic carbocycles. The summed E-state index contributed by atoms with van der Waals surface area (Å²) >= 11 is 0. The number of nitro benzene ring substituents is 1. The van der Waals surface area contributed by atoms with Crippen molar-refractivity contribution in [3.8, 4) is 11.5 Å². The predicted molar refractivity (Wildman–Crippen MR) is 124 cm³/mol. The van der Waals surface area contributed by atoms with Crippen LogP contribution in [-0.4, -0.2) is 35.9 Å². The molecule has 1 atom stereocenters. The third kappa shape index (κ3) is 3.83. The Morgan fingerprint density at radius 2 is 1.71 bits per heavy atom. The van der Waals surface area contributed by atoms with Gasteiger partial charge in [0.1, 0.15) is 17.3 Å². The highest BCUT2D eigenvalue weighted by Gasteiger charge is 2.48. The van der Waals surface area contributed by atoms with E-state index in [0.717, 1.165) is 4.90 Å². The Morgan fingerprint density at radius 1 is 0.971 bits per heavy atom. The Bertz CT molecular complexity index is 1320. The van der Waals surface area contributed by atoms with E-state index in [0.29, 0.717) is 22.6 Å². The van der Waals surface area contributed by atoms with Gasteiger partial charge in [0.2, 0.25) is 0 Å². The van der Waals surface area contributed by atoms with Gasteiger partial charge in [0.15, 0.2) is 0 Å². The summed E-state index contributed by atoms with van der Waals surface area (Å²) < 4.78 is 10.8. The van der Waals surface area contributed by atoms with Gasteiger partial charge in [-0.1, -0.05) is 36.4 Å². The SMILES string of the molecule is COc1ccc([C@H]2C(=C(O)c3ccccc3)C(=O)C(=O)N2c2cccc([N+](=O)[O-])c2)c(OC)c1. The summed E-state index contributed by atoms with van der Waals surface area (Å²) in [5, 5.41) is 22.5. The van der Waals surface area contributed by atoms with Crippen molar-refractivity contribution in [2.75, 3.05) is 19.1 Å². The van der Waals surface area contributed by atoms with Crippen LogP contribution in [0.1, 0.15) is 17.2 Å². The fourth-order valence-corrected chi connectivity index (χ4v) is 3.95. The van der Waals surface area contributed by atoms with E-state index >= 15 is 0 Å². The number of rotatable bonds is 6. The number of ether oxygens (including phenoxy) is 2. The Hall–Kier alpha value is -4.66. The van der Waals surface area contributed by atoms with E-state index in [9.17, 15) is 24.8 Å². The van der Waals surface area contributed by atoms with Gasteiger partial charge in [0.05, 0.1) is 36.4 Å². The number of anilines is 1. The van der Waals surface area contributed by atoms with Crippen molar-refractivity contribution in [1.29, 1.82) is 0 Å². The second-order valence-corrected chi connectivity index (χ2v) is 7.42. The Kier molecular flexibility index (Phi) is 6.01. The molecule has 0 radical (unpaired) electrons. The molecule has 1 heterocycles. The van der Waals surface area contributed by atoms with Crippen molar-refractivity contribution >= 4 is 28.8 Å². The van der Waals surface area contributed by atoms with E-state index in [1.807, 2.05) is 0 Å². The molecule has 34 heavy (non-hydrogen) atoms. The molecule has 1 N–H and O–H groups in total. The maximum atomic E-state index is 13.2. The number of hydrogen-bond acceptors (Lipinski definition) is 7. The van der Waals surface area contributed by atoms with Crippen LogP contribution in [0.4, 0.5) is 11.4 Å². The minimum absolute atomic E-state index is 0.131. The van der Waals surface area contributed by atoms with Crippen molar-refractivity contribution in [2.45, 2.75) is 6.04 Å². The summed E-state index contributed by atoms with van der Waals surface area (Å²) in [6, 6.07) is 17.5. The standard InChI is InChI=1S/C25H20N2O7/c1-33-18-11-12-19(20(14-18)34-2)22-21(23(28)15-7-4-3-5-8-15)24(29)25(30)26(22)16-9-6-10-17(13-16)27(31)32/h3-14,22,28H,1-2H3/t22-/m0/s1. The monoisotopic (exact) mass is 460 g/mol. The highest BCUT2D eigenvalue weighted by Crippen LogP contribution is 2.46. The molecule has 4 rings (SSSR count). The van der Waals surface area contributed by atoms with Crippen LogP contribution in [0.2, 0.25) is 0 Å². The fraction of sp³-hybridized carbons (Fsp3) is 0.120. The van der Waals surface area contributed by atoms with Crippen LogP contribution in [0, 0.1) is 10.1 Å². The molecule has 1 aliphatic heterocycles. The van der Waals surface area contributed by atoms with Gasteiger partial charge in [-0.3, -0.25) is 24.6 Å². The number of nitrogens with zero attached hydrogens (tertiary/aromatic N) is 2. The lowest BCUT2D eigenvalue weighted by Gasteiger charge is -2.26. The first-order valence-corrected chi connectivity index (χ1v) is 10.2. The maximum Gasteiger partial charge on any atom is 0.300 e. The molecule has 0 unspecified atom stereocenters. The zero-order chi connectivity index (χ0) is 24.4. The molecule has 1 amide bonds. The van der Waals surface area contributed by atoms with Crippen LogP contribution in [0.5, 0.6) is 11.5 Å². The van der Waals surface area contributed by atoms with Gasteiger partial charge in [-0.2, -0.15) is 0 Å².